The molecule has 0 N–H and O–H groups in total. The van der Waals surface area contributed by atoms with Crippen LogP contribution in [0.5, 0.6) is 0 Å². The van der Waals surface area contributed by atoms with E-state index in [2.05, 4.69) is 32.1 Å². The van der Waals surface area contributed by atoms with Crippen LogP contribution in [0.3, 0.4) is 0 Å². The maximum atomic E-state index is 6.14. The molecule has 4 nitrogen and oxygen atoms in total. The maximum absolute atomic E-state index is 6.14. The van der Waals surface area contributed by atoms with E-state index in [1.54, 1.807) is 17.7 Å². The number of hydrogen-bond acceptors (Lipinski definition) is 5. The Bertz CT molecular complexity index is 887. The third-order valence-electron chi connectivity index (χ3n) is 4.38. The molecule has 1 aliphatic heterocycles. The van der Waals surface area contributed by atoms with Crippen LogP contribution in [-0.2, 0) is 0 Å². The molecule has 1 fully saturated rings. The molecule has 1 aliphatic rings. The van der Waals surface area contributed by atoms with Gasteiger partial charge in [0.1, 0.15) is 17.0 Å². The number of aromatic nitrogens is 2. The van der Waals surface area contributed by atoms with Crippen LogP contribution >= 0.6 is 34.5 Å². The minimum Gasteiger partial charge on any atom is -0.368 e. The second kappa shape index (κ2) is 6.39. The second-order valence-electron chi connectivity index (χ2n) is 5.87. The van der Waals surface area contributed by atoms with E-state index in [4.69, 9.17) is 23.2 Å². The summed E-state index contributed by atoms with van der Waals surface area (Å²) < 4.78 is 0. The van der Waals surface area contributed by atoms with Crippen LogP contribution in [-0.4, -0.2) is 36.1 Å². The van der Waals surface area contributed by atoms with Crippen molar-refractivity contribution in [2.45, 2.75) is 6.92 Å². The molecule has 0 radical (unpaired) electrons. The summed E-state index contributed by atoms with van der Waals surface area (Å²) >= 11 is 13.8. The Hall–Kier alpha value is -1.56. The molecular weight excluding hydrogens is 363 g/mol. The van der Waals surface area contributed by atoms with E-state index in [-0.39, 0.29) is 0 Å². The monoisotopic (exact) mass is 378 g/mol. The predicted molar refractivity (Wildman–Crippen MR) is 103 cm³/mol. The first-order valence-corrected chi connectivity index (χ1v) is 9.41. The van der Waals surface area contributed by atoms with Crippen LogP contribution in [0.2, 0.25) is 10.0 Å². The molecule has 0 saturated carbocycles. The first-order valence-electron chi connectivity index (χ1n) is 7.77. The lowest BCUT2D eigenvalue weighted by Gasteiger charge is -2.37. The van der Waals surface area contributed by atoms with Crippen LogP contribution in [0.15, 0.2) is 29.9 Å². The predicted octanol–water partition coefficient (Wildman–Crippen LogP) is 4.63. The zero-order valence-electron chi connectivity index (χ0n) is 13.2. The van der Waals surface area contributed by atoms with E-state index < -0.39 is 0 Å². The minimum atomic E-state index is 0.593. The highest BCUT2D eigenvalue weighted by atomic mass is 35.5. The van der Waals surface area contributed by atoms with Gasteiger partial charge in [-0.1, -0.05) is 23.2 Å². The van der Waals surface area contributed by atoms with E-state index in [1.807, 2.05) is 18.2 Å². The molecule has 7 heteroatoms. The average Bonchev–Trinajstić information content (AvgIpc) is 2.99. The lowest BCUT2D eigenvalue weighted by Crippen LogP contribution is -2.46. The van der Waals surface area contributed by atoms with Gasteiger partial charge in [0.2, 0.25) is 0 Å². The zero-order chi connectivity index (χ0) is 16.7. The fourth-order valence-corrected chi connectivity index (χ4v) is 4.27. The van der Waals surface area contributed by atoms with Gasteiger partial charge < -0.3 is 9.80 Å². The molecule has 4 rings (SSSR count). The van der Waals surface area contributed by atoms with E-state index in [0.29, 0.717) is 10.0 Å². The van der Waals surface area contributed by atoms with Gasteiger partial charge in [-0.25, -0.2) is 9.97 Å². The summed E-state index contributed by atoms with van der Waals surface area (Å²) in [4.78, 5) is 14.7. The topological polar surface area (TPSA) is 32.3 Å². The number of benzene rings is 1. The Morgan fingerprint density at radius 2 is 1.75 bits per heavy atom. The van der Waals surface area contributed by atoms with Crippen LogP contribution in [0.4, 0.5) is 11.5 Å². The highest BCUT2D eigenvalue weighted by Gasteiger charge is 2.21. The van der Waals surface area contributed by atoms with Gasteiger partial charge in [-0.05, 0) is 36.1 Å². The van der Waals surface area contributed by atoms with Crippen molar-refractivity contribution in [1.29, 1.82) is 0 Å². The fourth-order valence-electron chi connectivity index (χ4n) is 3.10. The van der Waals surface area contributed by atoms with Gasteiger partial charge in [-0.15, -0.1) is 11.3 Å². The Morgan fingerprint density at radius 1 is 1.00 bits per heavy atom. The van der Waals surface area contributed by atoms with Gasteiger partial charge in [0.25, 0.3) is 0 Å². The highest BCUT2D eigenvalue weighted by molar-refractivity contribution is 7.17. The first-order chi connectivity index (χ1) is 11.6. The van der Waals surface area contributed by atoms with Gasteiger partial charge >= 0.3 is 0 Å². The minimum absolute atomic E-state index is 0.593. The van der Waals surface area contributed by atoms with Crippen molar-refractivity contribution in [1.82, 2.24) is 9.97 Å². The van der Waals surface area contributed by atoms with Crippen molar-refractivity contribution >= 4 is 56.3 Å². The Labute approximate surface area is 154 Å². The van der Waals surface area contributed by atoms with Gasteiger partial charge in [0, 0.05) is 31.9 Å². The third-order valence-corrected chi connectivity index (χ3v) is 6.12. The molecule has 0 unspecified atom stereocenters. The van der Waals surface area contributed by atoms with Crippen molar-refractivity contribution in [3.8, 4) is 0 Å². The molecule has 0 spiro atoms. The van der Waals surface area contributed by atoms with E-state index in [9.17, 15) is 0 Å². The largest absolute Gasteiger partial charge is 0.368 e. The number of aryl methyl sites for hydroxylation is 1. The lowest BCUT2D eigenvalue weighted by atomic mass is 10.2. The molecule has 0 bridgehead atoms. The summed E-state index contributed by atoms with van der Waals surface area (Å²) in [6.07, 6.45) is 1.67. The van der Waals surface area contributed by atoms with Gasteiger partial charge in [-0.3, -0.25) is 0 Å². The second-order valence-corrected chi connectivity index (χ2v) is 7.54. The third kappa shape index (κ3) is 2.81. The Morgan fingerprint density at radius 3 is 2.50 bits per heavy atom. The summed E-state index contributed by atoms with van der Waals surface area (Å²) in [5.74, 6) is 1.05. The van der Waals surface area contributed by atoms with Crippen molar-refractivity contribution in [2.75, 3.05) is 36.0 Å². The average molecular weight is 379 g/mol. The van der Waals surface area contributed by atoms with Crippen LogP contribution in [0.25, 0.3) is 10.2 Å². The number of hydrogen-bond donors (Lipinski definition) is 0. The molecular formula is C17H16Cl2N4S. The van der Waals surface area contributed by atoms with E-state index in [0.717, 1.165) is 42.5 Å². The van der Waals surface area contributed by atoms with Crippen molar-refractivity contribution in [3.05, 3.63) is 45.5 Å². The maximum Gasteiger partial charge on any atom is 0.141 e. The highest BCUT2D eigenvalue weighted by Crippen LogP contribution is 2.32. The molecule has 2 aromatic heterocycles. The molecule has 3 aromatic rings. The number of anilines is 2. The standard InChI is InChI=1S/C17H16Cl2N4S/c1-11-9-24-17-15(11)16(20-10-21-17)23-6-4-22(5-7-23)12-2-3-13(18)14(19)8-12/h2-3,8-10H,4-7H2,1H3. The Kier molecular flexibility index (Phi) is 4.24. The van der Waals surface area contributed by atoms with Crippen LogP contribution in [0, 0.1) is 6.92 Å². The van der Waals surface area contributed by atoms with Gasteiger partial charge in [-0.2, -0.15) is 0 Å². The van der Waals surface area contributed by atoms with Crippen molar-refractivity contribution in [3.63, 3.8) is 0 Å². The lowest BCUT2D eigenvalue weighted by molar-refractivity contribution is 0.649. The van der Waals surface area contributed by atoms with Crippen LogP contribution in [0.1, 0.15) is 5.56 Å². The molecule has 0 atom stereocenters. The first kappa shape index (κ1) is 15.9. The number of rotatable bonds is 2. The molecule has 1 saturated heterocycles. The summed E-state index contributed by atoms with van der Waals surface area (Å²) in [7, 11) is 0. The van der Waals surface area contributed by atoms with Crippen LogP contribution < -0.4 is 9.80 Å². The smallest absolute Gasteiger partial charge is 0.141 e. The molecule has 0 aliphatic carbocycles. The number of fused-ring (bicyclic) bond motifs is 1. The zero-order valence-corrected chi connectivity index (χ0v) is 15.5. The summed E-state index contributed by atoms with van der Waals surface area (Å²) in [6.45, 7) is 5.81. The molecule has 0 amide bonds. The SMILES string of the molecule is Cc1csc2ncnc(N3CCN(c4ccc(Cl)c(Cl)c4)CC3)c12. The molecule has 1 aromatic carbocycles. The summed E-state index contributed by atoms with van der Waals surface area (Å²) in [6, 6.07) is 5.82. The Balaban J connectivity index is 1.55. The number of nitrogens with zero attached hydrogens (tertiary/aromatic N) is 4. The molecule has 24 heavy (non-hydrogen) atoms. The van der Waals surface area contributed by atoms with E-state index in [1.165, 1.54) is 10.9 Å². The summed E-state index contributed by atoms with van der Waals surface area (Å²) in [5.41, 5.74) is 2.36. The number of piperazine rings is 1. The molecule has 3 heterocycles. The number of thiophene rings is 1. The van der Waals surface area contributed by atoms with Gasteiger partial charge in [0.05, 0.1) is 15.4 Å². The van der Waals surface area contributed by atoms with Gasteiger partial charge in [0.15, 0.2) is 0 Å². The normalized spacial score (nSPS) is 15.3. The molecule has 124 valence electrons. The van der Waals surface area contributed by atoms with E-state index >= 15 is 0 Å². The quantitative estimate of drug-likeness (QED) is 0.650. The fraction of sp³-hybridized carbons (Fsp3) is 0.294. The van der Waals surface area contributed by atoms with Crippen molar-refractivity contribution in [2.24, 2.45) is 0 Å². The number of halogens is 2. The summed E-state index contributed by atoms with van der Waals surface area (Å²) in [5, 5.41) is 4.53. The van der Waals surface area contributed by atoms with Crippen molar-refractivity contribution < 1.29 is 0 Å².